The topological polar surface area (TPSA) is 84.2 Å². The zero-order valence-electron chi connectivity index (χ0n) is 17.8. The molecular weight excluding hydrogens is 390 g/mol. The first-order chi connectivity index (χ1) is 14.9. The molecule has 31 heavy (non-hydrogen) atoms. The molecule has 2 N–H and O–H groups in total. The number of hydrogen-bond acceptors (Lipinski definition) is 4. The van der Waals surface area contributed by atoms with Crippen molar-refractivity contribution in [2.75, 3.05) is 5.32 Å². The van der Waals surface area contributed by atoms with Gasteiger partial charge in [-0.1, -0.05) is 56.3 Å². The lowest BCUT2D eigenvalue weighted by molar-refractivity contribution is -0.127. The zero-order valence-corrected chi connectivity index (χ0v) is 17.8. The molecule has 2 amide bonds. The molecule has 0 aliphatic carbocycles. The smallest absolute Gasteiger partial charge is 0.247 e. The third-order valence-corrected chi connectivity index (χ3v) is 5.21. The lowest BCUT2D eigenvalue weighted by Crippen LogP contribution is -2.47. The highest BCUT2D eigenvalue weighted by molar-refractivity contribution is 5.98. The van der Waals surface area contributed by atoms with Crippen molar-refractivity contribution in [1.29, 1.82) is 0 Å². The highest BCUT2D eigenvalue weighted by Gasteiger charge is 2.24. The number of aryl methyl sites for hydroxylation is 1. The number of rotatable bonds is 6. The van der Waals surface area contributed by atoms with Crippen molar-refractivity contribution in [2.45, 2.75) is 33.2 Å². The average molecular weight is 415 g/mol. The number of amides is 2. The SMILES string of the molecule is Cc1nc2cc(NC(=O)C(NC(=O)Cc3ccc4ccccc4c3)C(C)C)ccc2o1. The molecule has 6 nitrogen and oxygen atoms in total. The van der Waals surface area contributed by atoms with E-state index in [-0.39, 0.29) is 24.2 Å². The molecule has 1 heterocycles. The molecule has 0 bridgehead atoms. The number of nitrogens with one attached hydrogen (secondary N) is 2. The second-order valence-corrected chi connectivity index (χ2v) is 8.05. The molecule has 1 atom stereocenters. The van der Waals surface area contributed by atoms with E-state index >= 15 is 0 Å². The van der Waals surface area contributed by atoms with Crippen LogP contribution in [0.4, 0.5) is 5.69 Å². The van der Waals surface area contributed by atoms with E-state index in [9.17, 15) is 9.59 Å². The van der Waals surface area contributed by atoms with Gasteiger partial charge in [0.15, 0.2) is 11.5 Å². The fourth-order valence-electron chi connectivity index (χ4n) is 3.63. The number of carbonyl (C=O) groups is 2. The van der Waals surface area contributed by atoms with Gasteiger partial charge in [-0.2, -0.15) is 0 Å². The predicted molar refractivity (Wildman–Crippen MR) is 122 cm³/mol. The van der Waals surface area contributed by atoms with Gasteiger partial charge in [-0.15, -0.1) is 0 Å². The Morgan fingerprint density at radius 3 is 2.55 bits per heavy atom. The van der Waals surface area contributed by atoms with Crippen LogP contribution < -0.4 is 10.6 Å². The first-order valence-corrected chi connectivity index (χ1v) is 10.3. The quantitative estimate of drug-likeness (QED) is 0.482. The first kappa shape index (κ1) is 20.6. The van der Waals surface area contributed by atoms with Crippen LogP contribution in [0.5, 0.6) is 0 Å². The van der Waals surface area contributed by atoms with E-state index in [0.717, 1.165) is 16.3 Å². The monoisotopic (exact) mass is 415 g/mol. The summed E-state index contributed by atoms with van der Waals surface area (Å²) in [7, 11) is 0. The Bertz CT molecular complexity index is 1260. The molecule has 4 aromatic rings. The third kappa shape index (κ3) is 4.74. The fraction of sp³-hybridized carbons (Fsp3) is 0.240. The van der Waals surface area contributed by atoms with Gasteiger partial charge in [0.05, 0.1) is 6.42 Å². The molecule has 0 radical (unpaired) electrons. The number of carbonyl (C=O) groups excluding carboxylic acids is 2. The maximum atomic E-state index is 12.9. The Labute approximate surface area is 180 Å². The largest absolute Gasteiger partial charge is 0.441 e. The number of aromatic nitrogens is 1. The number of nitrogens with zero attached hydrogens (tertiary/aromatic N) is 1. The summed E-state index contributed by atoms with van der Waals surface area (Å²) < 4.78 is 5.47. The summed E-state index contributed by atoms with van der Waals surface area (Å²) in [6.45, 7) is 5.59. The van der Waals surface area contributed by atoms with E-state index in [0.29, 0.717) is 22.7 Å². The fourth-order valence-corrected chi connectivity index (χ4v) is 3.63. The number of fused-ring (bicyclic) bond motifs is 2. The van der Waals surface area contributed by atoms with E-state index in [4.69, 9.17) is 4.42 Å². The van der Waals surface area contributed by atoms with Gasteiger partial charge in [0, 0.05) is 12.6 Å². The van der Waals surface area contributed by atoms with Gasteiger partial charge in [0.1, 0.15) is 11.6 Å². The Hall–Kier alpha value is -3.67. The Balaban J connectivity index is 1.44. The van der Waals surface area contributed by atoms with Crippen LogP contribution in [-0.4, -0.2) is 22.8 Å². The summed E-state index contributed by atoms with van der Waals surface area (Å²) >= 11 is 0. The van der Waals surface area contributed by atoms with Crippen molar-refractivity contribution < 1.29 is 14.0 Å². The van der Waals surface area contributed by atoms with Gasteiger partial charge in [0.2, 0.25) is 11.8 Å². The summed E-state index contributed by atoms with van der Waals surface area (Å²) in [5.74, 6) is 0.0474. The van der Waals surface area contributed by atoms with E-state index in [1.54, 1.807) is 25.1 Å². The molecule has 0 saturated heterocycles. The van der Waals surface area contributed by atoms with E-state index in [1.807, 2.05) is 56.3 Å². The summed E-state index contributed by atoms with van der Waals surface area (Å²) in [6.07, 6.45) is 0.214. The highest BCUT2D eigenvalue weighted by atomic mass is 16.3. The van der Waals surface area contributed by atoms with Gasteiger partial charge in [0.25, 0.3) is 0 Å². The van der Waals surface area contributed by atoms with Crippen molar-refractivity contribution in [3.05, 3.63) is 72.1 Å². The molecule has 1 unspecified atom stereocenters. The minimum atomic E-state index is -0.650. The summed E-state index contributed by atoms with van der Waals surface area (Å²) in [5.41, 5.74) is 2.86. The number of hydrogen-bond donors (Lipinski definition) is 2. The van der Waals surface area contributed by atoms with Crippen molar-refractivity contribution in [1.82, 2.24) is 10.3 Å². The Morgan fingerprint density at radius 2 is 1.77 bits per heavy atom. The molecular formula is C25H25N3O3. The van der Waals surface area contributed by atoms with Gasteiger partial charge >= 0.3 is 0 Å². The van der Waals surface area contributed by atoms with Gasteiger partial charge in [-0.25, -0.2) is 4.98 Å². The maximum Gasteiger partial charge on any atom is 0.247 e. The standard InChI is InChI=1S/C25H25N3O3/c1-15(2)24(25(30)27-20-10-11-22-21(14-20)26-16(3)31-22)28-23(29)13-17-8-9-18-6-4-5-7-19(18)12-17/h4-12,14-15,24H,13H2,1-3H3,(H,27,30)(H,28,29). The molecule has 0 saturated carbocycles. The minimum absolute atomic E-state index is 0.0708. The number of benzene rings is 3. The first-order valence-electron chi connectivity index (χ1n) is 10.3. The Kier molecular flexibility index (Phi) is 5.71. The van der Waals surface area contributed by atoms with Crippen molar-refractivity contribution in [3.8, 4) is 0 Å². The molecule has 1 aromatic heterocycles. The van der Waals surface area contributed by atoms with Crippen LogP contribution in [0.15, 0.2) is 65.1 Å². The van der Waals surface area contributed by atoms with Crippen LogP contribution in [-0.2, 0) is 16.0 Å². The van der Waals surface area contributed by atoms with Crippen molar-refractivity contribution >= 4 is 39.4 Å². The van der Waals surface area contributed by atoms with Crippen molar-refractivity contribution in [3.63, 3.8) is 0 Å². The average Bonchev–Trinajstić information content (AvgIpc) is 3.11. The van der Waals surface area contributed by atoms with E-state index < -0.39 is 6.04 Å². The molecule has 0 fully saturated rings. The van der Waals surface area contributed by atoms with Crippen LogP contribution in [0.2, 0.25) is 0 Å². The molecule has 0 spiro atoms. The van der Waals surface area contributed by atoms with Crippen LogP contribution in [0.1, 0.15) is 25.3 Å². The lowest BCUT2D eigenvalue weighted by atomic mass is 10.0. The van der Waals surface area contributed by atoms with Crippen LogP contribution >= 0.6 is 0 Å². The highest BCUT2D eigenvalue weighted by Crippen LogP contribution is 2.20. The Morgan fingerprint density at radius 1 is 1.00 bits per heavy atom. The van der Waals surface area contributed by atoms with Gasteiger partial charge < -0.3 is 15.1 Å². The van der Waals surface area contributed by atoms with Crippen LogP contribution in [0.25, 0.3) is 21.9 Å². The van der Waals surface area contributed by atoms with Crippen molar-refractivity contribution in [2.24, 2.45) is 5.92 Å². The second kappa shape index (κ2) is 8.60. The summed E-state index contributed by atoms with van der Waals surface area (Å²) in [5, 5.41) is 7.99. The van der Waals surface area contributed by atoms with E-state index in [1.165, 1.54) is 0 Å². The summed E-state index contributed by atoms with van der Waals surface area (Å²) in [4.78, 5) is 29.9. The molecule has 3 aromatic carbocycles. The molecule has 0 aliphatic rings. The lowest BCUT2D eigenvalue weighted by Gasteiger charge is -2.22. The van der Waals surface area contributed by atoms with Gasteiger partial charge in [-0.3, -0.25) is 9.59 Å². The summed E-state index contributed by atoms with van der Waals surface area (Å²) in [6, 6.07) is 18.6. The maximum absolute atomic E-state index is 12.9. The van der Waals surface area contributed by atoms with E-state index in [2.05, 4.69) is 15.6 Å². The number of anilines is 1. The third-order valence-electron chi connectivity index (χ3n) is 5.21. The zero-order chi connectivity index (χ0) is 22.0. The van der Waals surface area contributed by atoms with Gasteiger partial charge in [-0.05, 0) is 40.5 Å². The molecule has 158 valence electrons. The normalized spacial score (nSPS) is 12.3. The molecule has 6 heteroatoms. The second-order valence-electron chi connectivity index (χ2n) is 8.05. The van der Waals surface area contributed by atoms with Crippen LogP contribution in [0.3, 0.4) is 0 Å². The molecule has 0 aliphatic heterocycles. The minimum Gasteiger partial charge on any atom is -0.441 e. The predicted octanol–water partition coefficient (Wildman–Crippen LogP) is 4.61. The number of oxazole rings is 1. The van der Waals surface area contributed by atoms with Crippen LogP contribution in [0, 0.1) is 12.8 Å². The molecule has 4 rings (SSSR count).